The van der Waals surface area contributed by atoms with Crippen LogP contribution in [0.5, 0.6) is 5.75 Å². The fourth-order valence-electron chi connectivity index (χ4n) is 2.72. The van der Waals surface area contributed by atoms with Gasteiger partial charge in [-0.3, -0.25) is 9.69 Å². The highest BCUT2D eigenvalue weighted by Gasteiger charge is 2.34. The lowest BCUT2D eigenvalue weighted by molar-refractivity contribution is -0.123. The van der Waals surface area contributed by atoms with Gasteiger partial charge in [-0.1, -0.05) is 53.1 Å². The van der Waals surface area contributed by atoms with Crippen LogP contribution in [0.4, 0.5) is 0 Å². The second-order valence-corrected chi connectivity index (χ2v) is 8.22. The van der Waals surface area contributed by atoms with E-state index in [-0.39, 0.29) is 18.6 Å². The number of carbonyl (C=O) groups excluding carboxylic acids is 1. The van der Waals surface area contributed by atoms with Crippen molar-refractivity contribution in [2.24, 2.45) is 0 Å². The second kappa shape index (κ2) is 8.64. The number of benzene rings is 1. The van der Waals surface area contributed by atoms with E-state index < -0.39 is 0 Å². The van der Waals surface area contributed by atoms with Crippen molar-refractivity contribution in [2.45, 2.75) is 18.9 Å². The number of thioether (sulfide) groups is 1. The van der Waals surface area contributed by atoms with Gasteiger partial charge in [0, 0.05) is 6.61 Å². The van der Waals surface area contributed by atoms with Crippen LogP contribution in [0, 0.1) is 12.3 Å². The van der Waals surface area contributed by atoms with Gasteiger partial charge in [-0.05, 0) is 36.6 Å². The van der Waals surface area contributed by atoms with Crippen LogP contribution in [0.25, 0.3) is 6.08 Å². The van der Waals surface area contributed by atoms with Crippen LogP contribution in [0.15, 0.2) is 17.0 Å². The highest BCUT2D eigenvalue weighted by molar-refractivity contribution is 8.26. The molecule has 0 radical (unpaired) electrons. The highest BCUT2D eigenvalue weighted by atomic mass is 35.5. The van der Waals surface area contributed by atoms with Crippen molar-refractivity contribution in [3.63, 3.8) is 0 Å². The zero-order valence-corrected chi connectivity index (χ0v) is 16.8. The van der Waals surface area contributed by atoms with Crippen molar-refractivity contribution < 1.29 is 14.3 Å². The molecule has 0 bridgehead atoms. The number of hydrogen-bond donors (Lipinski definition) is 0. The van der Waals surface area contributed by atoms with E-state index in [0.29, 0.717) is 37.1 Å². The Hall–Kier alpha value is -1.23. The molecule has 4 nitrogen and oxygen atoms in total. The second-order valence-electron chi connectivity index (χ2n) is 5.73. The van der Waals surface area contributed by atoms with Gasteiger partial charge in [-0.15, -0.1) is 6.42 Å². The lowest BCUT2D eigenvalue weighted by Gasteiger charge is -2.18. The predicted octanol–water partition coefficient (Wildman–Crippen LogP) is 4.39. The molecule has 136 valence electrons. The topological polar surface area (TPSA) is 38.8 Å². The Morgan fingerprint density at radius 2 is 2.19 bits per heavy atom. The molecule has 0 unspecified atom stereocenters. The molecule has 1 aromatic rings. The summed E-state index contributed by atoms with van der Waals surface area (Å²) in [5.41, 5.74) is 0.686. The van der Waals surface area contributed by atoms with Gasteiger partial charge in [0.25, 0.3) is 5.91 Å². The van der Waals surface area contributed by atoms with Gasteiger partial charge in [0.05, 0.1) is 27.6 Å². The molecule has 26 heavy (non-hydrogen) atoms. The van der Waals surface area contributed by atoms with E-state index in [9.17, 15) is 4.79 Å². The molecule has 1 atom stereocenters. The lowest BCUT2D eigenvalue weighted by Crippen LogP contribution is -2.35. The molecule has 2 heterocycles. The highest BCUT2D eigenvalue weighted by Crippen LogP contribution is 2.37. The summed E-state index contributed by atoms with van der Waals surface area (Å²) >= 11 is 19.0. The Bertz CT molecular complexity index is 790. The first-order valence-electron chi connectivity index (χ1n) is 7.92. The van der Waals surface area contributed by atoms with Gasteiger partial charge in [0.1, 0.15) is 10.9 Å². The molecule has 0 saturated carbocycles. The average Bonchev–Trinajstić information content (AvgIpc) is 3.19. The van der Waals surface area contributed by atoms with Crippen molar-refractivity contribution >= 4 is 63.5 Å². The van der Waals surface area contributed by atoms with Gasteiger partial charge in [-0.2, -0.15) is 0 Å². The molecule has 2 saturated heterocycles. The molecular formula is C18H15Cl2NO3S2. The monoisotopic (exact) mass is 427 g/mol. The number of thiocarbonyl (C=S) groups is 1. The summed E-state index contributed by atoms with van der Waals surface area (Å²) in [6.45, 7) is 1.30. The fraction of sp³-hybridized carbons (Fsp3) is 0.333. The maximum absolute atomic E-state index is 12.7. The Morgan fingerprint density at radius 3 is 2.81 bits per heavy atom. The Kier molecular flexibility index (Phi) is 6.49. The van der Waals surface area contributed by atoms with Crippen LogP contribution < -0.4 is 4.74 Å². The van der Waals surface area contributed by atoms with Gasteiger partial charge < -0.3 is 9.47 Å². The van der Waals surface area contributed by atoms with Crippen LogP contribution in [-0.2, 0) is 9.53 Å². The first kappa shape index (κ1) is 19.5. The molecule has 0 aliphatic carbocycles. The minimum Gasteiger partial charge on any atom is -0.478 e. The number of amides is 1. The average molecular weight is 428 g/mol. The Balaban J connectivity index is 1.78. The quantitative estimate of drug-likeness (QED) is 0.395. The first-order chi connectivity index (χ1) is 12.5. The third kappa shape index (κ3) is 4.36. The van der Waals surface area contributed by atoms with Crippen LogP contribution >= 0.6 is 47.2 Å². The lowest BCUT2D eigenvalue weighted by atomic mass is 10.2. The molecule has 2 aliphatic heterocycles. The van der Waals surface area contributed by atoms with E-state index in [1.54, 1.807) is 23.1 Å². The Labute approximate surface area is 171 Å². The normalized spacial score (nSPS) is 21.5. The van der Waals surface area contributed by atoms with E-state index in [1.165, 1.54) is 11.8 Å². The van der Waals surface area contributed by atoms with Crippen LogP contribution in [0.3, 0.4) is 0 Å². The molecule has 0 N–H and O–H groups in total. The van der Waals surface area contributed by atoms with Crippen LogP contribution in [0.2, 0.25) is 10.0 Å². The zero-order chi connectivity index (χ0) is 18.7. The largest absolute Gasteiger partial charge is 0.478 e. The number of rotatable bonds is 5. The van der Waals surface area contributed by atoms with Crippen molar-refractivity contribution in [2.75, 3.05) is 19.8 Å². The summed E-state index contributed by atoms with van der Waals surface area (Å²) in [4.78, 5) is 14.8. The summed E-state index contributed by atoms with van der Waals surface area (Å²) in [6, 6.07) is 3.35. The van der Waals surface area contributed by atoms with E-state index in [4.69, 9.17) is 51.3 Å². The third-order valence-electron chi connectivity index (χ3n) is 3.90. The number of halogens is 2. The van der Waals surface area contributed by atoms with E-state index in [1.807, 2.05) is 0 Å². The van der Waals surface area contributed by atoms with Crippen molar-refractivity contribution in [3.8, 4) is 18.1 Å². The van der Waals surface area contributed by atoms with Crippen LogP contribution in [-0.4, -0.2) is 41.0 Å². The number of terminal acetylenes is 1. The van der Waals surface area contributed by atoms with Crippen molar-refractivity contribution in [1.82, 2.24) is 4.90 Å². The summed E-state index contributed by atoms with van der Waals surface area (Å²) in [7, 11) is 0. The maximum Gasteiger partial charge on any atom is 0.266 e. The summed E-state index contributed by atoms with van der Waals surface area (Å²) in [6.07, 6.45) is 8.91. The van der Waals surface area contributed by atoms with Crippen molar-refractivity contribution in [3.05, 3.63) is 32.6 Å². The molecule has 0 spiro atoms. The molecule has 1 aromatic carbocycles. The minimum absolute atomic E-state index is 0.0494. The predicted molar refractivity (Wildman–Crippen MR) is 110 cm³/mol. The van der Waals surface area contributed by atoms with E-state index in [2.05, 4.69) is 5.92 Å². The third-order valence-corrected chi connectivity index (χ3v) is 5.84. The van der Waals surface area contributed by atoms with Crippen molar-refractivity contribution in [1.29, 1.82) is 0 Å². The number of carbonyl (C=O) groups is 1. The Morgan fingerprint density at radius 1 is 1.46 bits per heavy atom. The molecule has 8 heteroatoms. The molecule has 0 aromatic heterocycles. The van der Waals surface area contributed by atoms with Gasteiger partial charge >= 0.3 is 0 Å². The fourth-order valence-corrected chi connectivity index (χ4v) is 4.60. The van der Waals surface area contributed by atoms with Gasteiger partial charge in [-0.25, -0.2) is 0 Å². The smallest absolute Gasteiger partial charge is 0.266 e. The molecule has 1 amide bonds. The van der Waals surface area contributed by atoms with Gasteiger partial charge in [0.15, 0.2) is 5.75 Å². The molecular weight excluding hydrogens is 413 g/mol. The minimum atomic E-state index is -0.129. The zero-order valence-electron chi connectivity index (χ0n) is 13.7. The molecule has 2 fully saturated rings. The number of nitrogens with zero attached hydrogens (tertiary/aromatic N) is 1. The summed E-state index contributed by atoms with van der Waals surface area (Å²) in [5.74, 6) is 2.56. The van der Waals surface area contributed by atoms with Gasteiger partial charge in [0.2, 0.25) is 0 Å². The SMILES string of the molecule is C#CCOc1c(Cl)cc(/C=C2\SC(=S)N(C[C@H]3CCCO3)C2=O)cc1Cl. The van der Waals surface area contributed by atoms with E-state index >= 15 is 0 Å². The van der Waals surface area contributed by atoms with Crippen LogP contribution in [0.1, 0.15) is 18.4 Å². The number of ether oxygens (including phenoxy) is 2. The summed E-state index contributed by atoms with van der Waals surface area (Å²) in [5, 5.41) is 0.655. The maximum atomic E-state index is 12.7. The standard InChI is InChI=1S/C18H15Cl2NO3S2/c1-2-5-24-16-13(19)7-11(8-14(16)20)9-15-17(22)21(18(25)26-15)10-12-4-3-6-23-12/h1,7-9,12H,3-6,10H2/b15-9-/t12-/m1/s1. The first-order valence-corrected chi connectivity index (χ1v) is 9.90. The van der Waals surface area contributed by atoms with E-state index in [0.717, 1.165) is 19.4 Å². The molecule has 2 aliphatic rings. The molecule has 3 rings (SSSR count). The summed E-state index contributed by atoms with van der Waals surface area (Å²) < 4.78 is 11.5. The number of hydrogen-bond acceptors (Lipinski definition) is 5.